The van der Waals surface area contributed by atoms with E-state index in [-0.39, 0.29) is 0 Å². The third-order valence-electron chi connectivity index (χ3n) is 3.65. The molecule has 3 aromatic rings. The Morgan fingerprint density at radius 2 is 1.70 bits per heavy atom. The molecule has 0 radical (unpaired) electrons. The second-order valence-electron chi connectivity index (χ2n) is 5.18. The molecule has 0 bridgehead atoms. The van der Waals surface area contributed by atoms with Crippen LogP contribution in [0.15, 0.2) is 54.6 Å². The van der Waals surface area contributed by atoms with Crippen molar-refractivity contribution >= 4 is 16.5 Å². The van der Waals surface area contributed by atoms with Crippen LogP contribution >= 0.6 is 0 Å². The molecule has 0 atom stereocenters. The van der Waals surface area contributed by atoms with Gasteiger partial charge in [-0.1, -0.05) is 30.3 Å². The van der Waals surface area contributed by atoms with Gasteiger partial charge in [-0.2, -0.15) is 5.26 Å². The van der Waals surface area contributed by atoms with Gasteiger partial charge in [-0.25, -0.2) is 0 Å². The van der Waals surface area contributed by atoms with Crippen LogP contribution in [0, 0.1) is 11.3 Å². The molecule has 3 aromatic carbocycles. The predicted octanol–water partition coefficient (Wildman–Crippen LogP) is 3.88. The fourth-order valence-corrected chi connectivity index (χ4v) is 2.43. The van der Waals surface area contributed by atoms with Gasteiger partial charge in [0.2, 0.25) is 0 Å². The Bertz CT molecular complexity index is 883. The Hall–Kier alpha value is -3.19. The van der Waals surface area contributed by atoms with Crippen LogP contribution in [0.1, 0.15) is 11.1 Å². The lowest BCUT2D eigenvalue weighted by Crippen LogP contribution is -1.98. The molecule has 0 unspecified atom stereocenters. The summed E-state index contributed by atoms with van der Waals surface area (Å²) in [4.78, 5) is 0. The van der Waals surface area contributed by atoms with Gasteiger partial charge in [-0.15, -0.1) is 0 Å². The van der Waals surface area contributed by atoms with E-state index in [9.17, 15) is 0 Å². The third kappa shape index (κ3) is 3.04. The van der Waals surface area contributed by atoms with Crippen LogP contribution in [0.2, 0.25) is 0 Å². The van der Waals surface area contributed by atoms with Crippen molar-refractivity contribution in [1.82, 2.24) is 0 Å². The van der Waals surface area contributed by atoms with E-state index in [1.54, 1.807) is 19.2 Å². The van der Waals surface area contributed by atoms with Crippen molar-refractivity contribution < 1.29 is 9.47 Å². The van der Waals surface area contributed by atoms with Crippen LogP contribution in [0.25, 0.3) is 10.8 Å². The first-order valence-electron chi connectivity index (χ1n) is 7.19. The van der Waals surface area contributed by atoms with Gasteiger partial charge in [0.15, 0.2) is 11.5 Å². The third-order valence-corrected chi connectivity index (χ3v) is 3.65. The van der Waals surface area contributed by atoms with Crippen molar-refractivity contribution in [2.75, 3.05) is 12.8 Å². The highest BCUT2D eigenvalue weighted by atomic mass is 16.5. The van der Waals surface area contributed by atoms with Gasteiger partial charge in [0.1, 0.15) is 12.7 Å². The first-order valence-corrected chi connectivity index (χ1v) is 7.19. The predicted molar refractivity (Wildman–Crippen MR) is 90.4 cm³/mol. The highest BCUT2D eigenvalue weighted by molar-refractivity contribution is 5.90. The lowest BCUT2D eigenvalue weighted by atomic mass is 10.0. The van der Waals surface area contributed by atoms with Crippen molar-refractivity contribution in [3.63, 3.8) is 0 Å². The number of benzene rings is 3. The van der Waals surface area contributed by atoms with Crippen molar-refractivity contribution in [3.05, 3.63) is 65.7 Å². The highest BCUT2D eigenvalue weighted by Crippen LogP contribution is 2.34. The van der Waals surface area contributed by atoms with E-state index < -0.39 is 0 Å². The Balaban J connectivity index is 1.97. The Morgan fingerprint density at radius 1 is 1.00 bits per heavy atom. The summed E-state index contributed by atoms with van der Waals surface area (Å²) in [5.74, 6) is 1.27. The number of hydrogen-bond acceptors (Lipinski definition) is 4. The maximum atomic E-state index is 9.08. The van der Waals surface area contributed by atoms with Gasteiger partial charge >= 0.3 is 0 Å². The maximum Gasteiger partial charge on any atom is 0.162 e. The van der Waals surface area contributed by atoms with Crippen LogP contribution in [-0.4, -0.2) is 7.11 Å². The first kappa shape index (κ1) is 14.7. The van der Waals surface area contributed by atoms with Gasteiger partial charge in [0.25, 0.3) is 0 Å². The molecule has 0 aromatic heterocycles. The molecule has 4 heteroatoms. The molecular formula is C19H16N2O2. The van der Waals surface area contributed by atoms with E-state index in [1.807, 2.05) is 42.5 Å². The van der Waals surface area contributed by atoms with Gasteiger partial charge in [-0.3, -0.25) is 0 Å². The molecular weight excluding hydrogens is 288 g/mol. The molecule has 0 saturated carbocycles. The van der Waals surface area contributed by atoms with Crippen LogP contribution in [0.3, 0.4) is 0 Å². The van der Waals surface area contributed by atoms with Crippen LogP contribution in [0.5, 0.6) is 11.5 Å². The minimum absolute atomic E-state index is 0.453. The SMILES string of the molecule is COc1cc2cc(C#N)c(N)cc2cc1OCc1ccccc1. The summed E-state index contributed by atoms with van der Waals surface area (Å²) in [5, 5.41) is 10.9. The number of ether oxygens (including phenoxy) is 2. The van der Waals surface area contributed by atoms with E-state index in [2.05, 4.69) is 6.07 Å². The average molecular weight is 304 g/mol. The normalized spacial score (nSPS) is 10.3. The number of methoxy groups -OCH3 is 1. The number of hydrogen-bond donors (Lipinski definition) is 1. The molecule has 0 aliphatic carbocycles. The highest BCUT2D eigenvalue weighted by Gasteiger charge is 2.10. The molecule has 4 nitrogen and oxygen atoms in total. The summed E-state index contributed by atoms with van der Waals surface area (Å²) < 4.78 is 11.3. The van der Waals surface area contributed by atoms with Crippen molar-refractivity contribution in [3.8, 4) is 17.6 Å². The van der Waals surface area contributed by atoms with E-state index in [1.165, 1.54) is 0 Å². The van der Waals surface area contributed by atoms with Gasteiger partial charge in [-0.05, 0) is 40.6 Å². The monoisotopic (exact) mass is 304 g/mol. The molecule has 0 aliphatic rings. The zero-order valence-electron chi connectivity index (χ0n) is 12.7. The first-order chi connectivity index (χ1) is 11.2. The zero-order valence-corrected chi connectivity index (χ0v) is 12.7. The Labute approximate surface area is 134 Å². The molecule has 114 valence electrons. The Kier molecular flexibility index (Phi) is 4.03. The lowest BCUT2D eigenvalue weighted by Gasteiger charge is -2.13. The van der Waals surface area contributed by atoms with E-state index in [4.69, 9.17) is 20.5 Å². The summed E-state index contributed by atoms with van der Waals surface area (Å²) in [6.45, 7) is 0.453. The second kappa shape index (κ2) is 6.29. The zero-order chi connectivity index (χ0) is 16.2. The van der Waals surface area contributed by atoms with Crippen LogP contribution in [0.4, 0.5) is 5.69 Å². The molecule has 3 rings (SSSR count). The van der Waals surface area contributed by atoms with E-state index >= 15 is 0 Å². The Morgan fingerprint density at radius 3 is 2.39 bits per heavy atom. The van der Waals surface area contributed by atoms with Crippen molar-refractivity contribution in [2.24, 2.45) is 0 Å². The number of rotatable bonds is 4. The minimum atomic E-state index is 0.453. The summed E-state index contributed by atoms with van der Waals surface area (Å²) in [7, 11) is 1.60. The van der Waals surface area contributed by atoms with Crippen LogP contribution in [-0.2, 0) is 6.61 Å². The molecule has 0 heterocycles. The fourth-order valence-electron chi connectivity index (χ4n) is 2.43. The smallest absolute Gasteiger partial charge is 0.162 e. The van der Waals surface area contributed by atoms with Gasteiger partial charge in [0, 0.05) is 0 Å². The molecule has 0 spiro atoms. The van der Waals surface area contributed by atoms with Gasteiger partial charge < -0.3 is 15.2 Å². The molecule has 0 aliphatic heterocycles. The molecule has 0 fully saturated rings. The minimum Gasteiger partial charge on any atom is -0.493 e. The topological polar surface area (TPSA) is 68.3 Å². The number of anilines is 1. The summed E-state index contributed by atoms with van der Waals surface area (Å²) in [6, 6.07) is 19.3. The van der Waals surface area contributed by atoms with Crippen molar-refractivity contribution in [2.45, 2.75) is 6.61 Å². The molecule has 23 heavy (non-hydrogen) atoms. The number of nitrogens with two attached hydrogens (primary N) is 1. The largest absolute Gasteiger partial charge is 0.493 e. The standard InChI is InChI=1S/C19H16N2O2/c1-22-18-9-14-7-16(11-20)17(21)8-15(14)10-19(18)23-12-13-5-3-2-4-6-13/h2-10H,12,21H2,1H3. The number of fused-ring (bicyclic) bond motifs is 1. The second-order valence-corrected chi connectivity index (χ2v) is 5.18. The number of nitrogen functional groups attached to an aromatic ring is 1. The van der Waals surface area contributed by atoms with E-state index in [0.717, 1.165) is 16.3 Å². The fraction of sp³-hybridized carbons (Fsp3) is 0.105. The van der Waals surface area contributed by atoms with Crippen LogP contribution < -0.4 is 15.2 Å². The summed E-state index contributed by atoms with van der Waals surface area (Å²) in [6.07, 6.45) is 0. The lowest BCUT2D eigenvalue weighted by molar-refractivity contribution is 0.285. The summed E-state index contributed by atoms with van der Waals surface area (Å²) >= 11 is 0. The van der Waals surface area contributed by atoms with Gasteiger partial charge in [0.05, 0.1) is 18.4 Å². The molecule has 0 saturated heterocycles. The van der Waals surface area contributed by atoms with E-state index in [0.29, 0.717) is 29.4 Å². The summed E-state index contributed by atoms with van der Waals surface area (Å²) in [5.41, 5.74) is 7.88. The molecule has 2 N–H and O–H groups in total. The maximum absolute atomic E-state index is 9.08. The number of nitrogens with zero attached hydrogens (tertiary/aromatic N) is 1. The van der Waals surface area contributed by atoms with Crippen molar-refractivity contribution in [1.29, 1.82) is 5.26 Å². The average Bonchev–Trinajstić information content (AvgIpc) is 2.59. The number of nitriles is 1. The molecule has 0 amide bonds. The quantitative estimate of drug-likeness (QED) is 0.743.